The zero-order chi connectivity index (χ0) is 23.8. The highest BCUT2D eigenvalue weighted by Gasteiger charge is 2.43. The first-order chi connectivity index (χ1) is 17.1. The third kappa shape index (κ3) is 4.68. The summed E-state index contributed by atoms with van der Waals surface area (Å²) in [6, 6.07) is 9.62. The van der Waals surface area contributed by atoms with E-state index in [-0.39, 0.29) is 23.7 Å². The van der Waals surface area contributed by atoms with Gasteiger partial charge < -0.3 is 15.6 Å². The predicted octanol–water partition coefficient (Wildman–Crippen LogP) is 5.91. The normalized spacial score (nSPS) is 24.4. The molecule has 2 bridgehead atoms. The fourth-order valence-corrected chi connectivity index (χ4v) is 6.40. The Morgan fingerprint density at radius 3 is 2.40 bits per heavy atom. The maximum atomic E-state index is 12.8. The van der Waals surface area contributed by atoms with Gasteiger partial charge in [-0.15, -0.1) is 0 Å². The number of hydrogen-bond acceptors (Lipinski definition) is 4. The number of amides is 2. The second-order valence-electron chi connectivity index (χ2n) is 10.7. The molecule has 7 heteroatoms. The average Bonchev–Trinajstić information content (AvgIpc) is 3.55. The van der Waals surface area contributed by atoms with Crippen LogP contribution in [0.4, 0.5) is 11.5 Å². The summed E-state index contributed by atoms with van der Waals surface area (Å²) in [6.45, 7) is 0. The fraction of sp³-hybridized carbons (Fsp3) is 0.500. The van der Waals surface area contributed by atoms with Gasteiger partial charge in [0, 0.05) is 29.2 Å². The van der Waals surface area contributed by atoms with Gasteiger partial charge in [0.05, 0.1) is 17.2 Å². The Labute approximate surface area is 205 Å². The zero-order valence-corrected chi connectivity index (χ0v) is 20.1. The molecule has 3 N–H and O–H groups in total. The van der Waals surface area contributed by atoms with Crippen molar-refractivity contribution in [1.82, 2.24) is 15.0 Å². The first-order valence-electron chi connectivity index (χ1n) is 13.2. The van der Waals surface area contributed by atoms with Gasteiger partial charge >= 0.3 is 0 Å². The van der Waals surface area contributed by atoms with Crippen LogP contribution in [0.2, 0.25) is 0 Å². The number of hydrogen-bond donors (Lipinski definition) is 3. The summed E-state index contributed by atoms with van der Waals surface area (Å²) in [7, 11) is 0. The van der Waals surface area contributed by atoms with Crippen LogP contribution in [0.5, 0.6) is 0 Å². The molecule has 2 amide bonds. The van der Waals surface area contributed by atoms with Crippen LogP contribution in [0.3, 0.4) is 0 Å². The number of nitrogens with one attached hydrogen (secondary N) is 3. The minimum absolute atomic E-state index is 0.0984. The molecule has 3 fully saturated rings. The summed E-state index contributed by atoms with van der Waals surface area (Å²) in [4.78, 5) is 37.9. The number of aromatic amines is 1. The van der Waals surface area contributed by atoms with E-state index in [9.17, 15) is 9.59 Å². The lowest BCUT2D eigenvalue weighted by molar-refractivity contribution is -0.121. The van der Waals surface area contributed by atoms with Crippen LogP contribution in [0.25, 0.3) is 22.4 Å². The summed E-state index contributed by atoms with van der Waals surface area (Å²) in [5, 5.41) is 6.11. The molecule has 3 atom stereocenters. The number of benzene rings is 1. The van der Waals surface area contributed by atoms with Crippen molar-refractivity contribution in [1.29, 1.82) is 0 Å². The van der Waals surface area contributed by atoms with E-state index in [2.05, 4.69) is 20.6 Å². The van der Waals surface area contributed by atoms with Gasteiger partial charge in [-0.3, -0.25) is 9.59 Å². The van der Waals surface area contributed by atoms with E-state index in [0.29, 0.717) is 11.7 Å². The van der Waals surface area contributed by atoms with Gasteiger partial charge in [-0.2, -0.15) is 0 Å². The van der Waals surface area contributed by atoms with Crippen molar-refractivity contribution in [2.75, 3.05) is 10.6 Å². The SMILES string of the molecule is O=C(Nc1ccc(-c2nc3cc(NC(=O)C4CC5CCC4C5)ncc3[nH]2)cc1)C1CCCCCC1. The van der Waals surface area contributed by atoms with E-state index in [4.69, 9.17) is 4.98 Å². The molecule has 0 radical (unpaired) electrons. The number of aromatic nitrogens is 3. The lowest BCUT2D eigenvalue weighted by Gasteiger charge is -2.20. The number of pyridine rings is 1. The third-order valence-corrected chi connectivity index (χ3v) is 8.35. The van der Waals surface area contributed by atoms with E-state index in [1.165, 1.54) is 32.1 Å². The fourth-order valence-electron chi connectivity index (χ4n) is 6.40. The molecule has 182 valence electrons. The van der Waals surface area contributed by atoms with Crippen molar-refractivity contribution in [3.63, 3.8) is 0 Å². The number of carbonyl (C=O) groups is 2. The number of nitrogens with zero attached hydrogens (tertiary/aromatic N) is 2. The molecule has 0 aliphatic heterocycles. The monoisotopic (exact) mass is 471 g/mol. The highest BCUT2D eigenvalue weighted by molar-refractivity contribution is 5.94. The number of fused-ring (bicyclic) bond motifs is 3. The van der Waals surface area contributed by atoms with Gasteiger partial charge in [-0.1, -0.05) is 32.1 Å². The number of rotatable bonds is 5. The molecule has 35 heavy (non-hydrogen) atoms. The van der Waals surface area contributed by atoms with E-state index >= 15 is 0 Å². The predicted molar refractivity (Wildman–Crippen MR) is 137 cm³/mol. The van der Waals surface area contributed by atoms with E-state index in [0.717, 1.165) is 66.1 Å². The van der Waals surface area contributed by atoms with Crippen molar-refractivity contribution in [2.45, 2.75) is 64.2 Å². The highest BCUT2D eigenvalue weighted by Crippen LogP contribution is 2.48. The molecule has 3 saturated carbocycles. The summed E-state index contributed by atoms with van der Waals surface area (Å²) < 4.78 is 0. The topological polar surface area (TPSA) is 99.8 Å². The minimum atomic E-state index is 0.0984. The largest absolute Gasteiger partial charge is 0.337 e. The van der Waals surface area contributed by atoms with Crippen molar-refractivity contribution in [3.8, 4) is 11.4 Å². The van der Waals surface area contributed by atoms with Crippen molar-refractivity contribution in [2.24, 2.45) is 23.7 Å². The van der Waals surface area contributed by atoms with Crippen LogP contribution in [-0.4, -0.2) is 26.8 Å². The quantitative estimate of drug-likeness (QED) is 0.403. The van der Waals surface area contributed by atoms with Gasteiger partial charge in [0.25, 0.3) is 0 Å². The standard InChI is InChI=1S/C28H33N5O2/c34-27(19-5-3-1-2-4-6-19)30-21-11-9-18(10-12-21)26-31-23-15-25(29-16-24(23)32-26)33-28(35)22-14-17-7-8-20(22)13-17/h9-12,15-17,19-20,22H,1-8,13-14H2,(H,30,34)(H,31,32)(H,29,33,35). The first-order valence-corrected chi connectivity index (χ1v) is 13.2. The summed E-state index contributed by atoms with van der Waals surface area (Å²) in [5.74, 6) is 3.05. The average molecular weight is 472 g/mol. The number of imidazole rings is 1. The van der Waals surface area contributed by atoms with Crippen LogP contribution in [0, 0.1) is 23.7 Å². The van der Waals surface area contributed by atoms with E-state index in [1.54, 1.807) is 6.20 Å². The second-order valence-corrected chi connectivity index (χ2v) is 10.7. The van der Waals surface area contributed by atoms with Crippen molar-refractivity contribution >= 4 is 34.4 Å². The molecule has 0 saturated heterocycles. The first kappa shape index (κ1) is 22.3. The van der Waals surface area contributed by atoms with Gasteiger partial charge in [0.1, 0.15) is 11.6 Å². The third-order valence-electron chi connectivity index (χ3n) is 8.35. The molecule has 2 heterocycles. The molecule has 6 rings (SSSR count). The zero-order valence-electron chi connectivity index (χ0n) is 20.1. The number of H-pyrrole nitrogens is 1. The summed E-state index contributed by atoms with van der Waals surface area (Å²) in [6.07, 6.45) is 13.1. The van der Waals surface area contributed by atoms with Gasteiger partial charge in [0.15, 0.2) is 0 Å². The van der Waals surface area contributed by atoms with Gasteiger partial charge in [-0.25, -0.2) is 9.97 Å². The lowest BCUT2D eigenvalue weighted by atomic mass is 9.88. The second kappa shape index (κ2) is 9.44. The molecule has 3 unspecified atom stereocenters. The Balaban J connectivity index is 1.12. The van der Waals surface area contributed by atoms with E-state index < -0.39 is 0 Å². The smallest absolute Gasteiger partial charge is 0.228 e. The molecule has 3 aromatic rings. The molecular formula is C28H33N5O2. The molecule has 0 spiro atoms. The minimum Gasteiger partial charge on any atom is -0.337 e. The van der Waals surface area contributed by atoms with E-state index in [1.807, 2.05) is 30.3 Å². The number of anilines is 2. The molecule has 2 aromatic heterocycles. The van der Waals surface area contributed by atoms with Gasteiger partial charge in [0.2, 0.25) is 11.8 Å². The summed E-state index contributed by atoms with van der Waals surface area (Å²) in [5.41, 5.74) is 3.33. The molecule has 1 aromatic carbocycles. The van der Waals surface area contributed by atoms with Crippen LogP contribution in [-0.2, 0) is 9.59 Å². The molecular weight excluding hydrogens is 438 g/mol. The van der Waals surface area contributed by atoms with Crippen molar-refractivity contribution in [3.05, 3.63) is 36.5 Å². The maximum absolute atomic E-state index is 12.8. The van der Waals surface area contributed by atoms with Crippen LogP contribution >= 0.6 is 0 Å². The van der Waals surface area contributed by atoms with Crippen LogP contribution in [0.15, 0.2) is 36.5 Å². The van der Waals surface area contributed by atoms with Gasteiger partial charge in [-0.05, 0) is 68.2 Å². The highest BCUT2D eigenvalue weighted by atomic mass is 16.2. The molecule has 7 nitrogen and oxygen atoms in total. The van der Waals surface area contributed by atoms with Crippen LogP contribution in [0.1, 0.15) is 64.2 Å². The molecule has 3 aliphatic carbocycles. The van der Waals surface area contributed by atoms with Crippen molar-refractivity contribution < 1.29 is 9.59 Å². The Morgan fingerprint density at radius 1 is 0.886 bits per heavy atom. The Kier molecular flexibility index (Phi) is 6.00. The Morgan fingerprint density at radius 2 is 1.69 bits per heavy atom. The number of carbonyl (C=O) groups excluding carboxylic acids is 2. The Bertz CT molecular complexity index is 1230. The molecule has 3 aliphatic rings. The summed E-state index contributed by atoms with van der Waals surface area (Å²) >= 11 is 0. The maximum Gasteiger partial charge on any atom is 0.228 e. The van der Waals surface area contributed by atoms with Crippen LogP contribution < -0.4 is 10.6 Å². The lowest BCUT2D eigenvalue weighted by Crippen LogP contribution is -2.27. The Hall–Kier alpha value is -3.22.